The van der Waals surface area contributed by atoms with Crippen LogP contribution in [0.15, 0.2) is 21.0 Å². The lowest BCUT2D eigenvalue weighted by molar-refractivity contribution is 0.554. The number of rotatable bonds is 1. The molecule has 2 nitrogen and oxygen atoms in total. The van der Waals surface area contributed by atoms with E-state index in [1.54, 1.807) is 12.1 Å². The number of nitrogens with zero attached hydrogens (tertiary/aromatic N) is 1. The Labute approximate surface area is 86.8 Å². The van der Waals surface area contributed by atoms with Crippen LogP contribution in [0.1, 0.15) is 5.89 Å². The van der Waals surface area contributed by atoms with Gasteiger partial charge in [-0.05, 0) is 28.1 Å². The molecule has 0 spiro atoms. The van der Waals surface area contributed by atoms with E-state index in [0.29, 0.717) is 15.9 Å². The zero-order valence-corrected chi connectivity index (χ0v) is 8.69. The summed E-state index contributed by atoms with van der Waals surface area (Å²) < 4.78 is 18.9. The van der Waals surface area contributed by atoms with E-state index in [2.05, 4.69) is 20.9 Å². The minimum Gasteiger partial charge on any atom is -0.439 e. The minimum absolute atomic E-state index is 0.145. The van der Waals surface area contributed by atoms with Gasteiger partial charge in [-0.2, -0.15) is 0 Å². The van der Waals surface area contributed by atoms with Gasteiger partial charge in [0.1, 0.15) is 5.52 Å². The number of oxazole rings is 1. The second-order valence-corrected chi connectivity index (χ2v) is 3.57. The Bertz CT molecular complexity index is 457. The lowest BCUT2D eigenvalue weighted by Gasteiger charge is -1.91. The zero-order valence-electron chi connectivity index (χ0n) is 6.35. The first-order valence-corrected chi connectivity index (χ1v) is 4.84. The fourth-order valence-electron chi connectivity index (χ4n) is 1.04. The fourth-order valence-corrected chi connectivity index (χ4v) is 1.47. The van der Waals surface area contributed by atoms with Gasteiger partial charge < -0.3 is 4.42 Å². The Morgan fingerprint density at radius 2 is 2.31 bits per heavy atom. The Balaban J connectivity index is 2.76. The van der Waals surface area contributed by atoms with Crippen molar-refractivity contribution < 1.29 is 8.81 Å². The van der Waals surface area contributed by atoms with Gasteiger partial charge in [-0.3, -0.25) is 0 Å². The van der Waals surface area contributed by atoms with Crippen molar-refractivity contribution in [3.63, 3.8) is 0 Å². The van der Waals surface area contributed by atoms with Gasteiger partial charge in [0.2, 0.25) is 5.89 Å². The van der Waals surface area contributed by atoms with Crippen LogP contribution in [0.2, 0.25) is 0 Å². The van der Waals surface area contributed by atoms with Gasteiger partial charge in [-0.15, -0.1) is 11.6 Å². The van der Waals surface area contributed by atoms with E-state index < -0.39 is 5.82 Å². The first kappa shape index (κ1) is 8.97. The number of halogens is 3. The average molecular weight is 264 g/mol. The summed E-state index contributed by atoms with van der Waals surface area (Å²) in [6.45, 7) is 0. The molecule has 5 heteroatoms. The molecule has 1 aromatic carbocycles. The van der Waals surface area contributed by atoms with Crippen LogP contribution in [0.4, 0.5) is 4.39 Å². The van der Waals surface area contributed by atoms with Gasteiger partial charge in [0, 0.05) is 0 Å². The van der Waals surface area contributed by atoms with Crippen LogP contribution in [-0.2, 0) is 5.88 Å². The molecule has 0 aliphatic carbocycles. The molecule has 0 bridgehead atoms. The number of hydrogen-bond acceptors (Lipinski definition) is 2. The summed E-state index contributed by atoms with van der Waals surface area (Å²) in [6, 6.07) is 3.21. The molecule has 0 aliphatic rings. The van der Waals surface area contributed by atoms with Crippen LogP contribution in [0.25, 0.3) is 11.1 Å². The maximum atomic E-state index is 13.3. The lowest BCUT2D eigenvalue weighted by atomic mass is 10.3. The molecule has 2 rings (SSSR count). The summed E-state index contributed by atoms with van der Waals surface area (Å²) in [6.07, 6.45) is 0. The summed E-state index contributed by atoms with van der Waals surface area (Å²) in [5.74, 6) is 0.0532. The van der Waals surface area contributed by atoms with Gasteiger partial charge in [-0.1, -0.05) is 0 Å². The molecule has 0 fully saturated rings. The highest BCUT2D eigenvalue weighted by Gasteiger charge is 2.11. The Morgan fingerprint density at radius 1 is 1.54 bits per heavy atom. The third-order valence-electron chi connectivity index (χ3n) is 1.61. The molecule has 0 saturated heterocycles. The molecule has 0 N–H and O–H groups in total. The van der Waals surface area contributed by atoms with Crippen molar-refractivity contribution in [1.82, 2.24) is 4.98 Å². The van der Waals surface area contributed by atoms with Gasteiger partial charge in [0.05, 0.1) is 10.4 Å². The smallest absolute Gasteiger partial charge is 0.210 e. The molecule has 1 aromatic heterocycles. The first-order chi connectivity index (χ1) is 6.22. The molecule has 0 aliphatic heterocycles. The normalized spacial score (nSPS) is 11.0. The monoisotopic (exact) mass is 263 g/mol. The van der Waals surface area contributed by atoms with Crippen molar-refractivity contribution in [1.29, 1.82) is 0 Å². The average Bonchev–Trinajstić information content (AvgIpc) is 2.55. The van der Waals surface area contributed by atoms with E-state index in [0.717, 1.165) is 0 Å². The van der Waals surface area contributed by atoms with E-state index in [1.165, 1.54) is 0 Å². The molecular formula is C8H4BrClFNO. The molecule has 0 saturated carbocycles. The number of fused-ring (bicyclic) bond motifs is 1. The van der Waals surface area contributed by atoms with Crippen LogP contribution in [0, 0.1) is 5.82 Å². The third-order valence-corrected chi connectivity index (χ3v) is 2.45. The Morgan fingerprint density at radius 3 is 3.00 bits per heavy atom. The van der Waals surface area contributed by atoms with Gasteiger partial charge in [0.15, 0.2) is 11.4 Å². The molecule has 2 aromatic rings. The van der Waals surface area contributed by atoms with Crippen molar-refractivity contribution in [2.24, 2.45) is 0 Å². The van der Waals surface area contributed by atoms with Crippen molar-refractivity contribution in [2.75, 3.05) is 0 Å². The van der Waals surface area contributed by atoms with Crippen LogP contribution in [0.3, 0.4) is 0 Å². The predicted octanol–water partition coefficient (Wildman–Crippen LogP) is 3.47. The summed E-state index contributed by atoms with van der Waals surface area (Å²) in [7, 11) is 0. The molecular weight excluding hydrogens is 260 g/mol. The van der Waals surface area contributed by atoms with Crippen molar-refractivity contribution >= 4 is 38.6 Å². The van der Waals surface area contributed by atoms with E-state index in [-0.39, 0.29) is 11.4 Å². The number of alkyl halides is 1. The van der Waals surface area contributed by atoms with Crippen LogP contribution in [0.5, 0.6) is 0 Å². The highest BCUT2D eigenvalue weighted by molar-refractivity contribution is 9.10. The molecule has 0 atom stereocenters. The predicted molar refractivity (Wildman–Crippen MR) is 51.2 cm³/mol. The summed E-state index contributed by atoms with van der Waals surface area (Å²) >= 11 is 8.56. The fraction of sp³-hybridized carbons (Fsp3) is 0.125. The maximum Gasteiger partial charge on any atom is 0.210 e. The van der Waals surface area contributed by atoms with Gasteiger partial charge >= 0.3 is 0 Å². The second kappa shape index (κ2) is 3.27. The highest BCUT2D eigenvalue weighted by Crippen LogP contribution is 2.25. The number of benzene rings is 1. The Hall–Kier alpha value is -0.610. The summed E-state index contributed by atoms with van der Waals surface area (Å²) in [4.78, 5) is 3.89. The highest BCUT2D eigenvalue weighted by atomic mass is 79.9. The van der Waals surface area contributed by atoms with Gasteiger partial charge in [-0.25, -0.2) is 9.37 Å². The molecule has 0 amide bonds. The van der Waals surface area contributed by atoms with E-state index in [4.69, 9.17) is 16.0 Å². The van der Waals surface area contributed by atoms with Crippen LogP contribution >= 0.6 is 27.5 Å². The standard InChI is InChI=1S/C8H4BrClFNO/c9-4-1-2-5-8(7(4)11)12-6(3-10)13-5/h1-2H,3H2. The van der Waals surface area contributed by atoms with Crippen LogP contribution in [-0.4, -0.2) is 4.98 Å². The molecule has 13 heavy (non-hydrogen) atoms. The van der Waals surface area contributed by atoms with Crippen molar-refractivity contribution in [3.8, 4) is 0 Å². The third kappa shape index (κ3) is 1.44. The summed E-state index contributed by atoms with van der Waals surface area (Å²) in [5.41, 5.74) is 0.626. The zero-order chi connectivity index (χ0) is 9.42. The van der Waals surface area contributed by atoms with E-state index in [9.17, 15) is 4.39 Å². The number of hydrogen-bond donors (Lipinski definition) is 0. The largest absolute Gasteiger partial charge is 0.439 e. The molecule has 1 heterocycles. The Kier molecular flexibility index (Phi) is 2.26. The quantitative estimate of drug-likeness (QED) is 0.737. The second-order valence-electron chi connectivity index (χ2n) is 2.45. The van der Waals surface area contributed by atoms with Crippen molar-refractivity contribution in [3.05, 3.63) is 28.3 Å². The lowest BCUT2D eigenvalue weighted by Crippen LogP contribution is -1.80. The van der Waals surface area contributed by atoms with Gasteiger partial charge in [0.25, 0.3) is 0 Å². The molecule has 0 unspecified atom stereocenters. The maximum absolute atomic E-state index is 13.3. The molecule has 0 radical (unpaired) electrons. The van der Waals surface area contributed by atoms with Crippen molar-refractivity contribution in [2.45, 2.75) is 5.88 Å². The minimum atomic E-state index is -0.419. The topological polar surface area (TPSA) is 26.0 Å². The van der Waals surface area contributed by atoms with E-state index in [1.807, 2.05) is 0 Å². The van der Waals surface area contributed by atoms with E-state index >= 15 is 0 Å². The first-order valence-electron chi connectivity index (χ1n) is 3.51. The van der Waals surface area contributed by atoms with Crippen LogP contribution < -0.4 is 0 Å². The SMILES string of the molecule is Fc1c(Br)ccc2oc(CCl)nc12. The number of aromatic nitrogens is 1. The summed E-state index contributed by atoms with van der Waals surface area (Å²) in [5, 5.41) is 0. The molecule has 68 valence electrons.